The Morgan fingerprint density at radius 1 is 1.18 bits per heavy atom. The molecule has 2 atom stereocenters. The molecule has 5 nitrogen and oxygen atoms in total. The molecule has 4 rings (SSSR count). The fourth-order valence-corrected chi connectivity index (χ4v) is 4.52. The van der Waals surface area contributed by atoms with Crippen LogP contribution in [-0.2, 0) is 0 Å². The van der Waals surface area contributed by atoms with Crippen LogP contribution in [0.1, 0.15) is 24.2 Å². The number of carbonyl (C=O) groups is 1. The third-order valence-electron chi connectivity index (χ3n) is 4.84. The van der Waals surface area contributed by atoms with Gasteiger partial charge in [0.25, 0.3) is 5.91 Å². The molecule has 1 aliphatic rings. The zero-order valence-electron chi connectivity index (χ0n) is 15.4. The van der Waals surface area contributed by atoms with Gasteiger partial charge in [-0.15, -0.1) is 0 Å². The smallest absolute Gasteiger partial charge is 0.255 e. The molecule has 2 heterocycles. The summed E-state index contributed by atoms with van der Waals surface area (Å²) in [7, 11) is 0. The van der Waals surface area contributed by atoms with Crippen LogP contribution in [0.5, 0.6) is 5.75 Å². The topological polar surface area (TPSA) is 65.5 Å². The molecule has 1 saturated heterocycles. The van der Waals surface area contributed by atoms with Crippen molar-refractivity contribution in [1.82, 2.24) is 14.6 Å². The second-order valence-corrected chi connectivity index (χ2v) is 8.03. The lowest BCUT2D eigenvalue weighted by Crippen LogP contribution is -2.55. The number of fused-ring (bicyclic) bond motifs is 1. The lowest BCUT2D eigenvalue weighted by molar-refractivity contribution is 0.0676. The van der Waals surface area contributed by atoms with Crippen molar-refractivity contribution in [2.24, 2.45) is 0 Å². The van der Waals surface area contributed by atoms with E-state index in [9.17, 15) is 18.7 Å². The third kappa shape index (κ3) is 3.33. The highest BCUT2D eigenvalue weighted by Crippen LogP contribution is 2.35. The SMILES string of the molecule is C[C@@H]1CN(C(=O)c2cc(-c3c(F)cc(O)cc3F)cc3cnsc23)C[C@H](C)N1. The van der Waals surface area contributed by atoms with Crippen LogP contribution in [-0.4, -0.2) is 45.5 Å². The summed E-state index contributed by atoms with van der Waals surface area (Å²) in [5.74, 6) is -2.45. The number of nitrogens with zero attached hydrogens (tertiary/aromatic N) is 2. The van der Waals surface area contributed by atoms with Crippen LogP contribution in [0, 0.1) is 11.6 Å². The molecule has 8 heteroatoms. The number of nitrogens with one attached hydrogen (secondary N) is 1. The summed E-state index contributed by atoms with van der Waals surface area (Å²) >= 11 is 1.18. The number of halogens is 2. The fraction of sp³-hybridized carbons (Fsp3) is 0.300. The van der Waals surface area contributed by atoms with Gasteiger partial charge in [0.2, 0.25) is 0 Å². The quantitative estimate of drug-likeness (QED) is 0.684. The number of amides is 1. The van der Waals surface area contributed by atoms with Gasteiger partial charge in [-0.1, -0.05) is 0 Å². The largest absolute Gasteiger partial charge is 0.508 e. The number of piperazine rings is 1. The Morgan fingerprint density at radius 3 is 2.46 bits per heavy atom. The molecule has 146 valence electrons. The highest BCUT2D eigenvalue weighted by Gasteiger charge is 2.28. The molecule has 0 aliphatic carbocycles. The molecule has 1 fully saturated rings. The fourth-order valence-electron chi connectivity index (χ4n) is 3.79. The molecule has 0 saturated carbocycles. The summed E-state index contributed by atoms with van der Waals surface area (Å²) in [5, 5.41) is 13.4. The second kappa shape index (κ2) is 7.10. The zero-order chi connectivity index (χ0) is 20.0. The average molecular weight is 403 g/mol. The van der Waals surface area contributed by atoms with Crippen molar-refractivity contribution in [1.29, 1.82) is 0 Å². The van der Waals surface area contributed by atoms with Crippen LogP contribution in [0.4, 0.5) is 8.78 Å². The summed E-state index contributed by atoms with van der Waals surface area (Å²) in [6.45, 7) is 5.12. The first-order chi connectivity index (χ1) is 13.3. The lowest BCUT2D eigenvalue weighted by Gasteiger charge is -2.36. The number of phenols is 1. The molecule has 0 spiro atoms. The minimum Gasteiger partial charge on any atom is -0.508 e. The van der Waals surface area contributed by atoms with Gasteiger partial charge in [0.05, 0.1) is 15.8 Å². The van der Waals surface area contributed by atoms with Gasteiger partial charge in [-0.25, -0.2) is 8.78 Å². The van der Waals surface area contributed by atoms with E-state index < -0.39 is 17.4 Å². The van der Waals surface area contributed by atoms with Crippen molar-refractivity contribution < 1.29 is 18.7 Å². The normalized spacial score (nSPS) is 19.9. The minimum atomic E-state index is -0.886. The van der Waals surface area contributed by atoms with Gasteiger partial charge in [-0.2, -0.15) is 4.37 Å². The Labute approximate surface area is 164 Å². The Balaban J connectivity index is 1.84. The van der Waals surface area contributed by atoms with E-state index >= 15 is 0 Å². The summed E-state index contributed by atoms with van der Waals surface area (Å²) in [5.41, 5.74) is 0.340. The molecule has 0 bridgehead atoms. The zero-order valence-corrected chi connectivity index (χ0v) is 16.2. The van der Waals surface area contributed by atoms with Gasteiger partial charge in [0, 0.05) is 48.9 Å². The molecular formula is C20H19F2N3O2S. The average Bonchev–Trinajstić information content (AvgIpc) is 3.07. The first-order valence-corrected chi connectivity index (χ1v) is 9.73. The number of hydrogen-bond acceptors (Lipinski definition) is 5. The number of phenolic OH excluding ortho intramolecular Hbond substituents is 1. The molecule has 28 heavy (non-hydrogen) atoms. The molecular weight excluding hydrogens is 384 g/mol. The van der Waals surface area contributed by atoms with E-state index in [-0.39, 0.29) is 29.1 Å². The maximum absolute atomic E-state index is 14.4. The van der Waals surface area contributed by atoms with Crippen LogP contribution >= 0.6 is 11.5 Å². The van der Waals surface area contributed by atoms with Gasteiger partial charge >= 0.3 is 0 Å². The third-order valence-corrected chi connectivity index (χ3v) is 5.69. The summed E-state index contributed by atoms with van der Waals surface area (Å²) in [4.78, 5) is 15.0. The van der Waals surface area contributed by atoms with Crippen molar-refractivity contribution in [3.8, 4) is 16.9 Å². The molecule has 1 aliphatic heterocycles. The molecule has 0 unspecified atom stereocenters. The summed E-state index contributed by atoms with van der Waals surface area (Å²) in [6, 6.07) is 5.14. The Hall–Kier alpha value is -2.58. The monoisotopic (exact) mass is 403 g/mol. The molecule has 2 N–H and O–H groups in total. The number of aromatic nitrogens is 1. The number of carbonyl (C=O) groups excluding carboxylic acids is 1. The molecule has 3 aromatic rings. The molecule has 0 radical (unpaired) electrons. The molecule has 2 aromatic carbocycles. The lowest BCUT2D eigenvalue weighted by atomic mass is 9.99. The van der Waals surface area contributed by atoms with E-state index in [1.165, 1.54) is 17.6 Å². The van der Waals surface area contributed by atoms with Gasteiger partial charge in [-0.3, -0.25) is 4.79 Å². The maximum Gasteiger partial charge on any atom is 0.255 e. The van der Waals surface area contributed by atoms with Crippen LogP contribution in [0.2, 0.25) is 0 Å². The van der Waals surface area contributed by atoms with E-state index in [2.05, 4.69) is 9.69 Å². The summed E-state index contributed by atoms with van der Waals surface area (Å²) in [6.07, 6.45) is 1.58. The molecule has 1 amide bonds. The van der Waals surface area contributed by atoms with Crippen LogP contribution in [0.15, 0.2) is 30.5 Å². The van der Waals surface area contributed by atoms with Crippen LogP contribution in [0.3, 0.4) is 0 Å². The Bertz CT molecular complexity index is 1040. The first-order valence-electron chi connectivity index (χ1n) is 8.95. The van der Waals surface area contributed by atoms with Gasteiger partial charge in [0.15, 0.2) is 0 Å². The van der Waals surface area contributed by atoms with Crippen molar-refractivity contribution in [3.63, 3.8) is 0 Å². The predicted octanol–water partition coefficient (Wildman–Crippen LogP) is 3.77. The Morgan fingerprint density at radius 2 is 1.82 bits per heavy atom. The van der Waals surface area contributed by atoms with Crippen molar-refractivity contribution in [2.45, 2.75) is 25.9 Å². The van der Waals surface area contributed by atoms with Crippen molar-refractivity contribution >= 4 is 27.5 Å². The van der Waals surface area contributed by atoms with Crippen molar-refractivity contribution in [2.75, 3.05) is 13.1 Å². The van der Waals surface area contributed by atoms with Crippen LogP contribution in [0.25, 0.3) is 21.2 Å². The molecule has 1 aromatic heterocycles. The van der Waals surface area contributed by atoms with E-state index in [1.54, 1.807) is 17.2 Å². The maximum atomic E-state index is 14.4. The second-order valence-electron chi connectivity index (χ2n) is 7.23. The Kier molecular flexibility index (Phi) is 4.76. The number of hydrogen-bond donors (Lipinski definition) is 2. The highest BCUT2D eigenvalue weighted by molar-refractivity contribution is 7.13. The van der Waals surface area contributed by atoms with Crippen LogP contribution < -0.4 is 5.32 Å². The van der Waals surface area contributed by atoms with E-state index in [1.807, 2.05) is 13.8 Å². The van der Waals surface area contributed by atoms with Crippen molar-refractivity contribution in [3.05, 3.63) is 47.7 Å². The van der Waals surface area contributed by atoms with E-state index in [0.29, 0.717) is 28.7 Å². The minimum absolute atomic E-state index is 0.153. The van der Waals surface area contributed by atoms with Gasteiger partial charge < -0.3 is 15.3 Å². The van der Waals surface area contributed by atoms with E-state index in [4.69, 9.17) is 0 Å². The predicted molar refractivity (Wildman–Crippen MR) is 105 cm³/mol. The van der Waals surface area contributed by atoms with Gasteiger partial charge in [-0.05, 0) is 43.1 Å². The van der Waals surface area contributed by atoms with E-state index in [0.717, 1.165) is 12.1 Å². The number of rotatable bonds is 2. The van der Waals surface area contributed by atoms with Gasteiger partial charge in [0.1, 0.15) is 17.4 Å². The standard InChI is InChI=1S/C20H19F2N3O2S/c1-10-8-25(9-11(2)24-10)20(27)15-4-12(3-13-7-23-28-19(13)15)18-16(21)5-14(26)6-17(18)22/h3-7,10-11,24,26H,8-9H2,1-2H3/t10-,11+. The highest BCUT2D eigenvalue weighted by atomic mass is 32.1. The number of aromatic hydroxyl groups is 1. The summed E-state index contributed by atoms with van der Waals surface area (Å²) < 4.78 is 33.6. The number of benzene rings is 2. The first kappa shape index (κ1) is 18.8.